The van der Waals surface area contributed by atoms with Crippen LogP contribution in [-0.4, -0.2) is 20.3 Å². The molecule has 0 aromatic carbocycles. The fourth-order valence-electron chi connectivity index (χ4n) is 0.729. The largest absolute Gasteiger partial charge is 0.258 e. The van der Waals surface area contributed by atoms with Crippen molar-refractivity contribution in [3.63, 3.8) is 0 Å². The molecule has 13 heavy (non-hydrogen) atoms. The quantitative estimate of drug-likeness (QED) is 0.366. The molecule has 0 aliphatic heterocycles. The Bertz CT molecular complexity index is 159. The molecule has 0 radical (unpaired) electrons. The van der Waals surface area contributed by atoms with Crippen LogP contribution in [0.1, 0.15) is 26.7 Å². The van der Waals surface area contributed by atoms with E-state index in [-0.39, 0.29) is 4.58 Å². The summed E-state index contributed by atoms with van der Waals surface area (Å²) in [5.41, 5.74) is 0. The van der Waals surface area contributed by atoms with Crippen molar-refractivity contribution in [2.45, 2.75) is 31.3 Å². The summed E-state index contributed by atoms with van der Waals surface area (Å²) >= 11 is 0. The summed E-state index contributed by atoms with van der Waals surface area (Å²) in [6, 6.07) is 0. The molecule has 0 aliphatic carbocycles. The predicted octanol–water partition coefficient (Wildman–Crippen LogP) is 3.45. The van der Waals surface area contributed by atoms with Gasteiger partial charge in [-0.1, -0.05) is 41.5 Å². The summed E-state index contributed by atoms with van der Waals surface area (Å²) in [6.45, 7) is 7.86. The van der Waals surface area contributed by atoms with Crippen molar-refractivity contribution in [2.24, 2.45) is 0 Å². The fraction of sp³-hybridized carbons (Fsp3) is 0.778. The van der Waals surface area contributed by atoms with Gasteiger partial charge in [0.25, 0.3) is 0 Å². The maximum Gasteiger partial charge on any atom is 0.0905 e. The van der Waals surface area contributed by atoms with Crippen LogP contribution in [0.25, 0.3) is 0 Å². The van der Waals surface area contributed by atoms with Crippen LogP contribution in [0.2, 0.25) is 0 Å². The van der Waals surface area contributed by atoms with E-state index in [0.717, 1.165) is 12.2 Å². The third-order valence-corrected chi connectivity index (χ3v) is 7.02. The van der Waals surface area contributed by atoms with E-state index in [4.69, 9.17) is 0 Å². The van der Waals surface area contributed by atoms with E-state index in [0.29, 0.717) is 5.75 Å². The van der Waals surface area contributed by atoms with E-state index < -0.39 is 10.8 Å². The average Bonchev–Trinajstić information content (AvgIpc) is 2.13. The second-order valence-electron chi connectivity index (χ2n) is 2.59. The minimum atomic E-state index is -0.737. The zero-order chi connectivity index (χ0) is 10.1. The molecule has 0 aromatic rings. The fourth-order valence-corrected chi connectivity index (χ4v) is 5.63. The summed E-state index contributed by atoms with van der Waals surface area (Å²) in [7, 11) is 2.86. The Kier molecular flexibility index (Phi) is 9.57. The first-order valence-corrected chi connectivity index (χ1v) is 8.29. The third kappa shape index (κ3) is 6.63. The zero-order valence-electron chi connectivity index (χ0n) is 8.32. The Hall–Kier alpha value is 0.590. The molecule has 0 heterocycles. The summed E-state index contributed by atoms with van der Waals surface area (Å²) in [4.78, 5) is 0. The van der Waals surface area contributed by atoms with Crippen LogP contribution >= 0.6 is 21.6 Å². The minimum absolute atomic E-state index is 0.273. The summed E-state index contributed by atoms with van der Waals surface area (Å²) in [5.74, 6) is 1.77. The van der Waals surface area contributed by atoms with Crippen molar-refractivity contribution >= 4 is 32.4 Å². The molecule has 0 bridgehead atoms. The highest BCUT2D eigenvalue weighted by molar-refractivity contribution is 8.78. The lowest BCUT2D eigenvalue weighted by molar-refractivity contribution is 0.681. The summed E-state index contributed by atoms with van der Waals surface area (Å²) < 4.78 is 11.8. The lowest BCUT2D eigenvalue weighted by Crippen LogP contribution is -2.10. The van der Waals surface area contributed by atoms with Crippen molar-refractivity contribution in [1.82, 2.24) is 0 Å². The third-order valence-electron chi connectivity index (χ3n) is 1.37. The van der Waals surface area contributed by atoms with Crippen molar-refractivity contribution < 1.29 is 4.21 Å². The highest BCUT2D eigenvalue weighted by atomic mass is 33.1. The van der Waals surface area contributed by atoms with E-state index in [1.807, 2.05) is 10.8 Å². The van der Waals surface area contributed by atoms with Crippen LogP contribution in [0.4, 0.5) is 0 Å². The van der Waals surface area contributed by atoms with Gasteiger partial charge in [0.05, 0.1) is 4.58 Å². The molecule has 0 rings (SSSR count). The number of rotatable bonds is 8. The molecule has 2 unspecified atom stereocenters. The monoisotopic (exact) mass is 238 g/mol. The number of hydrogen-bond acceptors (Lipinski definition) is 3. The molecule has 0 aliphatic rings. The molecule has 0 saturated heterocycles. The molecule has 0 spiro atoms. The summed E-state index contributed by atoms with van der Waals surface area (Å²) in [6.07, 6.45) is 3.90. The topological polar surface area (TPSA) is 17.1 Å². The van der Waals surface area contributed by atoms with Crippen LogP contribution in [0.5, 0.6) is 0 Å². The van der Waals surface area contributed by atoms with Gasteiger partial charge >= 0.3 is 0 Å². The molecule has 78 valence electrons. The number of hydrogen-bond donors (Lipinski definition) is 0. The van der Waals surface area contributed by atoms with Crippen molar-refractivity contribution in [2.75, 3.05) is 11.5 Å². The Morgan fingerprint density at radius 3 is 2.69 bits per heavy atom. The maximum atomic E-state index is 11.6. The highest BCUT2D eigenvalue weighted by Crippen LogP contribution is 2.31. The zero-order valence-corrected chi connectivity index (χ0v) is 10.8. The van der Waals surface area contributed by atoms with E-state index in [9.17, 15) is 4.21 Å². The second kappa shape index (κ2) is 9.16. The van der Waals surface area contributed by atoms with Gasteiger partial charge in [-0.25, -0.2) is 0 Å². The van der Waals surface area contributed by atoms with Gasteiger partial charge < -0.3 is 0 Å². The molecule has 4 heteroatoms. The van der Waals surface area contributed by atoms with Crippen LogP contribution in [0, 0.1) is 0 Å². The van der Waals surface area contributed by atoms with E-state index in [1.165, 1.54) is 6.42 Å². The normalized spacial score (nSPS) is 15.2. The average molecular weight is 238 g/mol. The van der Waals surface area contributed by atoms with Gasteiger partial charge in [-0.3, -0.25) is 4.21 Å². The molecule has 0 amide bonds. The first kappa shape index (κ1) is 13.6. The van der Waals surface area contributed by atoms with Crippen LogP contribution < -0.4 is 0 Å². The van der Waals surface area contributed by atoms with E-state index >= 15 is 0 Å². The van der Waals surface area contributed by atoms with Gasteiger partial charge in [-0.05, 0) is 12.8 Å². The molecule has 0 fully saturated rings. The van der Waals surface area contributed by atoms with Gasteiger partial charge in [-0.15, -0.1) is 6.58 Å². The van der Waals surface area contributed by atoms with Gasteiger partial charge in [0.1, 0.15) is 0 Å². The molecule has 1 nitrogen and oxygen atoms in total. The molecule has 0 aromatic heterocycles. The molecular weight excluding hydrogens is 220 g/mol. The first-order chi connectivity index (χ1) is 6.26. The minimum Gasteiger partial charge on any atom is -0.258 e. The highest BCUT2D eigenvalue weighted by Gasteiger charge is 2.13. The Morgan fingerprint density at radius 1 is 1.54 bits per heavy atom. The maximum absolute atomic E-state index is 11.6. The predicted molar refractivity (Wildman–Crippen MR) is 67.6 cm³/mol. The standard InChI is InChI=1S/C9H18OS3/c1-4-7-11-12-9(6-3)13(10)8-5-2/h5,9H,2,4,6-8H2,1,3H3. The van der Waals surface area contributed by atoms with Crippen LogP contribution in [0.3, 0.4) is 0 Å². The SMILES string of the molecule is C=CCS(=O)C(CC)SSCCC. The lowest BCUT2D eigenvalue weighted by Gasteiger charge is -2.11. The van der Waals surface area contributed by atoms with E-state index in [1.54, 1.807) is 16.9 Å². The molecular formula is C9H18OS3. The van der Waals surface area contributed by atoms with Gasteiger partial charge in [0.15, 0.2) is 0 Å². The van der Waals surface area contributed by atoms with Gasteiger partial charge in [0, 0.05) is 22.3 Å². The molecule has 0 saturated carbocycles. The van der Waals surface area contributed by atoms with Crippen molar-refractivity contribution in [3.8, 4) is 0 Å². The lowest BCUT2D eigenvalue weighted by atomic mass is 10.6. The van der Waals surface area contributed by atoms with Crippen molar-refractivity contribution in [3.05, 3.63) is 12.7 Å². The van der Waals surface area contributed by atoms with Crippen molar-refractivity contribution in [1.29, 1.82) is 0 Å². The summed E-state index contributed by atoms with van der Waals surface area (Å²) in [5, 5.41) is 0. The Labute approximate surface area is 92.0 Å². The second-order valence-corrected chi connectivity index (χ2v) is 7.24. The van der Waals surface area contributed by atoms with Crippen LogP contribution in [0.15, 0.2) is 12.7 Å². The first-order valence-electron chi connectivity index (χ1n) is 4.52. The Morgan fingerprint density at radius 2 is 2.23 bits per heavy atom. The van der Waals surface area contributed by atoms with Crippen LogP contribution in [-0.2, 0) is 10.8 Å². The smallest absolute Gasteiger partial charge is 0.0905 e. The molecule has 0 N–H and O–H groups in total. The molecule has 2 atom stereocenters. The van der Waals surface area contributed by atoms with Gasteiger partial charge in [-0.2, -0.15) is 0 Å². The Balaban J connectivity index is 3.73. The van der Waals surface area contributed by atoms with Gasteiger partial charge in [0.2, 0.25) is 0 Å². The van der Waals surface area contributed by atoms with E-state index in [2.05, 4.69) is 20.4 Å².